The van der Waals surface area contributed by atoms with Gasteiger partial charge >= 0.3 is 6.17 Å². The Kier molecular flexibility index (Phi) is 6.69. The Labute approximate surface area is 253 Å². The van der Waals surface area contributed by atoms with Crippen LogP contribution in [0.3, 0.4) is 0 Å². The molecule has 10 nitrogen and oxygen atoms in total. The van der Waals surface area contributed by atoms with Crippen LogP contribution < -0.4 is 10.6 Å². The van der Waals surface area contributed by atoms with Crippen LogP contribution in [0.1, 0.15) is 40.9 Å². The van der Waals surface area contributed by atoms with Crippen LogP contribution in [0.4, 0.5) is 10.1 Å². The molecular weight excluding hydrogens is 553 g/mol. The van der Waals surface area contributed by atoms with Crippen molar-refractivity contribution in [3.8, 4) is 0 Å². The lowest BCUT2D eigenvalue weighted by Crippen LogP contribution is -2.57. The van der Waals surface area contributed by atoms with Gasteiger partial charge in [0.2, 0.25) is 17.7 Å². The molecule has 0 radical (unpaired) electrons. The Bertz CT molecular complexity index is 1590. The summed E-state index contributed by atoms with van der Waals surface area (Å²) >= 11 is 0. The summed E-state index contributed by atoms with van der Waals surface area (Å²) in [5, 5.41) is 5.55. The fraction of sp³-hybridized carbons (Fsp3) is 0.469. The van der Waals surface area contributed by atoms with E-state index in [0.717, 1.165) is 12.8 Å². The molecule has 3 heterocycles. The van der Waals surface area contributed by atoms with E-state index in [9.17, 15) is 23.6 Å². The number of nitrogens with zero attached hydrogens (tertiary/aromatic N) is 3. The minimum absolute atomic E-state index is 0.0140. The normalized spacial score (nSPS) is 25.3. The van der Waals surface area contributed by atoms with Crippen molar-refractivity contribution in [1.29, 1.82) is 0 Å². The van der Waals surface area contributed by atoms with Gasteiger partial charge in [0.15, 0.2) is 0 Å². The van der Waals surface area contributed by atoms with Crippen LogP contribution in [0.2, 0.25) is 0 Å². The van der Waals surface area contributed by atoms with Crippen LogP contribution in [0.5, 0.6) is 0 Å². The number of halogens is 1. The number of ether oxygens (including phenoxy) is 1. The number of nitrogens with one attached hydrogen (secondary N) is 2. The molecule has 1 spiro atoms. The van der Waals surface area contributed by atoms with Gasteiger partial charge in [-0.3, -0.25) is 28.9 Å². The average Bonchev–Trinajstić information content (AvgIpc) is 3.65. The first kappa shape index (κ1) is 25.2. The van der Waals surface area contributed by atoms with E-state index in [1.54, 1.807) is 24.3 Å². The van der Waals surface area contributed by atoms with Crippen LogP contribution in [0, 0.1) is 24.2 Å². The first-order chi connectivity index (χ1) is 21.9. The Morgan fingerprint density at radius 2 is 1.98 bits per heavy atom. The molecule has 3 aliphatic heterocycles. The second-order valence-electron chi connectivity index (χ2n) is 11.9. The quantitative estimate of drug-likeness (QED) is 0.436. The number of para-hydroxylation sites is 1. The van der Waals surface area contributed by atoms with E-state index in [-0.39, 0.29) is 50.8 Å². The summed E-state index contributed by atoms with van der Waals surface area (Å²) in [6, 6.07) is 9.28. The highest BCUT2D eigenvalue weighted by molar-refractivity contribution is 6.07. The number of fused-ring (bicyclic) bond motifs is 2. The molecule has 0 unspecified atom stereocenters. The number of hydrogen-bond acceptors (Lipinski definition) is 5. The summed E-state index contributed by atoms with van der Waals surface area (Å²) in [5.41, 5.74) is 0.357. The third-order valence-electron chi connectivity index (χ3n) is 8.95. The lowest BCUT2D eigenvalue weighted by Gasteiger charge is -2.34. The number of anilines is 1. The smallest absolute Gasteiger partial charge is 0.302 e. The zero-order valence-corrected chi connectivity index (χ0v) is 23.4. The maximum absolute atomic E-state index is 14.6. The largest absolute Gasteiger partial charge is 0.380 e. The number of amides is 4. The van der Waals surface area contributed by atoms with Crippen molar-refractivity contribution in [1.82, 2.24) is 15.1 Å². The van der Waals surface area contributed by atoms with Crippen molar-refractivity contribution >= 4 is 29.3 Å². The van der Waals surface area contributed by atoms with Crippen molar-refractivity contribution in [2.75, 3.05) is 32.1 Å². The summed E-state index contributed by atoms with van der Waals surface area (Å²) in [6.45, 7) is 4.97. The molecule has 4 aliphatic rings. The van der Waals surface area contributed by atoms with Gasteiger partial charge in [0.25, 0.3) is 5.91 Å². The molecule has 11 heteroatoms. The molecule has 2 aromatic carbocycles. The number of carbonyl (C=O) groups excluding carboxylic acids is 4. The molecule has 2 saturated heterocycles. The highest BCUT2D eigenvalue weighted by Gasteiger charge is 2.59. The lowest BCUT2D eigenvalue weighted by atomic mass is 9.80. The summed E-state index contributed by atoms with van der Waals surface area (Å²) in [5.74, 6) is -3.47. The summed E-state index contributed by atoms with van der Waals surface area (Å²) in [4.78, 5) is 60.6. The topological polar surface area (TPSA) is 112 Å². The highest BCUT2D eigenvalue weighted by Crippen LogP contribution is 2.47. The van der Waals surface area contributed by atoms with Crippen LogP contribution in [-0.2, 0) is 35.8 Å². The second-order valence-corrected chi connectivity index (χ2v) is 11.9. The predicted molar refractivity (Wildman–Crippen MR) is 154 cm³/mol. The fourth-order valence-corrected chi connectivity index (χ4v) is 6.19. The Hall–Kier alpha value is -4.30. The van der Waals surface area contributed by atoms with Gasteiger partial charge in [0, 0.05) is 29.7 Å². The van der Waals surface area contributed by atoms with E-state index in [1.165, 1.54) is 29.2 Å². The molecule has 1 aliphatic carbocycles. The monoisotopic (exact) mass is 590 g/mol. The molecule has 43 heavy (non-hydrogen) atoms. The molecule has 6 rings (SSSR count). The molecular formula is C32H34FN5O5. The van der Waals surface area contributed by atoms with Crippen molar-refractivity contribution < 1.29 is 32.4 Å². The molecule has 2 aromatic rings. The van der Waals surface area contributed by atoms with Gasteiger partial charge in [-0.25, -0.2) is 11.0 Å². The molecule has 1 saturated carbocycles. The number of rotatable bonds is 9. The maximum Gasteiger partial charge on any atom is 0.302 e. The minimum atomic E-state index is -3.13. The van der Waals surface area contributed by atoms with Gasteiger partial charge in [-0.2, -0.15) is 0 Å². The Morgan fingerprint density at radius 1 is 1.23 bits per heavy atom. The lowest BCUT2D eigenvalue weighted by molar-refractivity contribution is -0.148. The van der Waals surface area contributed by atoms with E-state index in [4.69, 9.17) is 15.4 Å². The first-order valence-electron chi connectivity index (χ1n) is 15.9. The van der Waals surface area contributed by atoms with Crippen molar-refractivity contribution in [3.63, 3.8) is 0 Å². The number of likely N-dealkylation sites (tertiary alicyclic amines) is 1. The van der Waals surface area contributed by atoms with E-state index in [0.29, 0.717) is 21.7 Å². The van der Waals surface area contributed by atoms with Gasteiger partial charge in [-0.15, -0.1) is 0 Å². The minimum Gasteiger partial charge on any atom is -0.380 e. The molecule has 3 fully saturated rings. The van der Waals surface area contributed by atoms with Crippen LogP contribution in [0.25, 0.3) is 4.85 Å². The van der Waals surface area contributed by atoms with Gasteiger partial charge in [-0.1, -0.05) is 43.2 Å². The molecule has 2 N–H and O–H groups in total. The van der Waals surface area contributed by atoms with Crippen molar-refractivity contribution in [2.45, 2.75) is 55.8 Å². The standard InChI is InChI=1S/C32H34FN5O5/c1-34-27-15-32(23-5-3-4-6-24(23)36-31(32)42)18-38(27)30(41)26(14-20-9-11-22(33)12-10-20)37(2)29(40)25(13-19-7-8-19)35-28(39)21-16-43-17-21/h3-6,9-12,19,21,25-27H,7-8,13-18H2,2H3,(H,35,39)(H,36,42)/t25-,26-,27-,32-/m0/s1/i2D3. The van der Waals surface area contributed by atoms with Crippen molar-refractivity contribution in [3.05, 3.63) is 76.9 Å². The molecule has 224 valence electrons. The van der Waals surface area contributed by atoms with Crippen LogP contribution >= 0.6 is 0 Å². The zero-order valence-electron chi connectivity index (χ0n) is 26.4. The van der Waals surface area contributed by atoms with Gasteiger partial charge < -0.3 is 20.3 Å². The van der Waals surface area contributed by atoms with Crippen molar-refractivity contribution in [2.24, 2.45) is 11.8 Å². The summed E-state index contributed by atoms with van der Waals surface area (Å²) in [6.07, 6.45) is 0.417. The van der Waals surface area contributed by atoms with Gasteiger partial charge in [0.05, 0.1) is 25.6 Å². The molecule has 4 amide bonds. The molecule has 4 atom stereocenters. The third kappa shape index (κ3) is 5.47. The number of likely N-dealkylation sites (N-methyl/N-ethyl adjacent to an activating group) is 1. The first-order valence-corrected chi connectivity index (χ1v) is 14.4. The number of carbonyl (C=O) groups is 4. The molecule has 0 aromatic heterocycles. The number of hydrogen-bond donors (Lipinski definition) is 2. The highest BCUT2D eigenvalue weighted by atomic mass is 19.1. The Morgan fingerprint density at radius 3 is 2.63 bits per heavy atom. The van der Waals surface area contributed by atoms with E-state index in [2.05, 4.69) is 15.5 Å². The zero-order chi connectivity index (χ0) is 32.8. The van der Waals surface area contributed by atoms with Gasteiger partial charge in [0.1, 0.15) is 23.3 Å². The van der Waals surface area contributed by atoms with Crippen LogP contribution in [0.15, 0.2) is 48.5 Å². The third-order valence-corrected chi connectivity index (χ3v) is 8.95. The summed E-state index contributed by atoms with van der Waals surface area (Å²) in [7, 11) is 0. The van der Waals surface area contributed by atoms with E-state index >= 15 is 0 Å². The van der Waals surface area contributed by atoms with E-state index < -0.39 is 60.1 Å². The van der Waals surface area contributed by atoms with E-state index in [1.807, 2.05) is 0 Å². The fourth-order valence-electron chi connectivity index (χ4n) is 6.19. The summed E-state index contributed by atoms with van der Waals surface area (Å²) < 4.78 is 44.3. The predicted octanol–water partition coefficient (Wildman–Crippen LogP) is 2.49. The second kappa shape index (κ2) is 11.4. The molecule has 0 bridgehead atoms. The van der Waals surface area contributed by atoms with Crippen LogP contribution in [-0.4, -0.2) is 78.4 Å². The van der Waals surface area contributed by atoms with Gasteiger partial charge in [-0.05, 0) is 41.7 Å². The SMILES string of the molecule is [2H]C([2H])([2H])N(C(=O)[C@H](CC1CC1)NC(=O)C1COC1)[C@@H](Cc1ccc(F)cc1)C(=O)N1C[C@]2(C[C@H]1[N+]#[C-])C(=O)Nc1ccccc12. The maximum atomic E-state index is 14.6. The Balaban J connectivity index is 1.37. The average molecular weight is 591 g/mol. The number of benzene rings is 2.